The second-order valence-electron chi connectivity index (χ2n) is 10.9. The maximum absolute atomic E-state index is 13.2. The number of hydrogen-bond acceptors (Lipinski definition) is 7. The van der Waals surface area contributed by atoms with E-state index in [1.807, 2.05) is 0 Å². The maximum atomic E-state index is 13.2. The lowest BCUT2D eigenvalue weighted by molar-refractivity contribution is -0.140. The standard InChI is InChI=1S/C29H44N4O7.2ClH/c34-26(33-24(17-27(35)36)23-3-1-2-4-25(23)40-19-28(37)38)18-32-29(39)22(7-5-20-9-13-30-14-10-20)8-6-21-11-15-31-16-12-21;;/h1-4,20-22,24,30-31H,5-19H2,(H,32,39)(H,33,34)(H,35,36)(H,37,38);2*1H. The van der Waals surface area contributed by atoms with Crippen LogP contribution in [0, 0.1) is 17.8 Å². The summed E-state index contributed by atoms with van der Waals surface area (Å²) in [6.07, 6.45) is 7.61. The zero-order chi connectivity index (χ0) is 28.7. The number of nitrogens with one attached hydrogen (secondary N) is 4. The minimum Gasteiger partial charge on any atom is -0.482 e. The van der Waals surface area contributed by atoms with Crippen molar-refractivity contribution >= 4 is 48.6 Å². The lowest BCUT2D eigenvalue weighted by Gasteiger charge is -2.27. The fourth-order valence-corrected chi connectivity index (χ4v) is 5.63. The molecule has 42 heavy (non-hydrogen) atoms. The molecule has 2 amide bonds. The predicted molar refractivity (Wildman–Crippen MR) is 163 cm³/mol. The first kappa shape index (κ1) is 37.4. The van der Waals surface area contributed by atoms with Gasteiger partial charge in [-0.05, 0) is 95.4 Å². The van der Waals surface area contributed by atoms with Crippen molar-refractivity contribution in [2.45, 2.75) is 63.8 Å². The normalized spacial score (nSPS) is 16.4. The number of carboxylic acid groups (broad SMARTS) is 2. The average Bonchev–Trinajstić information content (AvgIpc) is 2.95. The van der Waals surface area contributed by atoms with Crippen LogP contribution in [0.3, 0.4) is 0 Å². The molecule has 0 radical (unpaired) electrons. The predicted octanol–water partition coefficient (Wildman–Crippen LogP) is 2.92. The number of para-hydroxylation sites is 1. The van der Waals surface area contributed by atoms with Gasteiger partial charge in [0.25, 0.3) is 0 Å². The van der Waals surface area contributed by atoms with Crippen molar-refractivity contribution in [1.82, 2.24) is 21.3 Å². The molecule has 2 aliphatic rings. The quantitative estimate of drug-likeness (QED) is 0.161. The number of ether oxygens (including phenoxy) is 1. The number of benzene rings is 1. The van der Waals surface area contributed by atoms with E-state index in [-0.39, 0.29) is 48.9 Å². The number of amides is 2. The van der Waals surface area contributed by atoms with Crippen LogP contribution in [-0.4, -0.2) is 73.3 Å². The van der Waals surface area contributed by atoms with Crippen molar-refractivity contribution in [3.8, 4) is 5.75 Å². The minimum absolute atomic E-state index is 0. The van der Waals surface area contributed by atoms with E-state index in [2.05, 4.69) is 21.3 Å². The molecule has 238 valence electrons. The highest BCUT2D eigenvalue weighted by atomic mass is 35.5. The van der Waals surface area contributed by atoms with Gasteiger partial charge in [0, 0.05) is 11.5 Å². The molecule has 0 saturated carbocycles. The van der Waals surface area contributed by atoms with Gasteiger partial charge in [-0.1, -0.05) is 18.2 Å². The minimum atomic E-state index is -1.17. The van der Waals surface area contributed by atoms with E-state index in [4.69, 9.17) is 9.84 Å². The highest BCUT2D eigenvalue weighted by Gasteiger charge is 2.26. The summed E-state index contributed by atoms with van der Waals surface area (Å²) in [5, 5.41) is 30.6. The summed E-state index contributed by atoms with van der Waals surface area (Å²) in [5.41, 5.74) is 0.354. The van der Waals surface area contributed by atoms with Gasteiger partial charge in [-0.2, -0.15) is 0 Å². The second kappa shape index (κ2) is 20.3. The van der Waals surface area contributed by atoms with Crippen molar-refractivity contribution in [2.24, 2.45) is 17.8 Å². The van der Waals surface area contributed by atoms with E-state index < -0.39 is 36.9 Å². The zero-order valence-corrected chi connectivity index (χ0v) is 25.6. The molecule has 1 unspecified atom stereocenters. The maximum Gasteiger partial charge on any atom is 0.341 e. The van der Waals surface area contributed by atoms with E-state index in [0.29, 0.717) is 17.4 Å². The van der Waals surface area contributed by atoms with Gasteiger partial charge in [0.05, 0.1) is 19.0 Å². The molecule has 0 aromatic heterocycles. The van der Waals surface area contributed by atoms with E-state index >= 15 is 0 Å². The van der Waals surface area contributed by atoms with Crippen LogP contribution in [-0.2, 0) is 19.2 Å². The van der Waals surface area contributed by atoms with Gasteiger partial charge >= 0.3 is 11.9 Å². The third-order valence-electron chi connectivity index (χ3n) is 7.92. The molecule has 1 atom stereocenters. The number of carbonyl (C=O) groups is 4. The van der Waals surface area contributed by atoms with Crippen LogP contribution in [0.15, 0.2) is 24.3 Å². The number of hydrogen-bond donors (Lipinski definition) is 6. The molecular weight excluding hydrogens is 587 g/mol. The Kier molecular flexibility index (Phi) is 18.1. The Hall–Kier alpha value is -2.60. The van der Waals surface area contributed by atoms with Crippen LogP contribution in [0.2, 0.25) is 0 Å². The largest absolute Gasteiger partial charge is 0.482 e. The molecule has 2 aliphatic heterocycles. The summed E-state index contributed by atoms with van der Waals surface area (Å²) in [6.45, 7) is 3.18. The van der Waals surface area contributed by atoms with Crippen molar-refractivity contribution in [2.75, 3.05) is 39.3 Å². The molecule has 2 heterocycles. The Morgan fingerprint density at radius 1 is 0.857 bits per heavy atom. The summed E-state index contributed by atoms with van der Waals surface area (Å²) < 4.78 is 5.30. The highest BCUT2D eigenvalue weighted by molar-refractivity contribution is 5.86. The number of carboxylic acids is 2. The summed E-state index contributed by atoms with van der Waals surface area (Å²) in [4.78, 5) is 48.6. The van der Waals surface area contributed by atoms with Crippen molar-refractivity contribution in [3.63, 3.8) is 0 Å². The topological polar surface area (TPSA) is 166 Å². The molecule has 0 aliphatic carbocycles. The van der Waals surface area contributed by atoms with Gasteiger partial charge in [-0.15, -0.1) is 24.8 Å². The van der Waals surface area contributed by atoms with E-state index in [0.717, 1.165) is 77.5 Å². The average molecular weight is 634 g/mol. The summed E-state index contributed by atoms with van der Waals surface area (Å²) in [5.74, 6) is -1.75. The highest BCUT2D eigenvalue weighted by Crippen LogP contribution is 2.28. The molecule has 0 bridgehead atoms. The van der Waals surface area contributed by atoms with Crippen LogP contribution >= 0.6 is 24.8 Å². The van der Waals surface area contributed by atoms with Gasteiger partial charge in [-0.3, -0.25) is 14.4 Å². The molecule has 13 heteroatoms. The Labute approximate surface area is 260 Å². The Morgan fingerprint density at radius 2 is 1.40 bits per heavy atom. The molecule has 2 saturated heterocycles. The van der Waals surface area contributed by atoms with Gasteiger partial charge < -0.3 is 36.2 Å². The van der Waals surface area contributed by atoms with Crippen LogP contribution in [0.1, 0.15) is 69.4 Å². The van der Waals surface area contributed by atoms with E-state index in [1.165, 1.54) is 6.07 Å². The number of piperidine rings is 2. The Bertz CT molecular complexity index is 966. The lowest BCUT2D eigenvalue weighted by atomic mass is 9.84. The molecule has 0 spiro atoms. The van der Waals surface area contributed by atoms with Gasteiger partial charge in [0.15, 0.2) is 6.61 Å². The fraction of sp³-hybridized carbons (Fsp3) is 0.655. The van der Waals surface area contributed by atoms with Crippen LogP contribution < -0.4 is 26.0 Å². The fourth-order valence-electron chi connectivity index (χ4n) is 5.63. The molecule has 2 fully saturated rings. The third-order valence-corrected chi connectivity index (χ3v) is 7.92. The summed E-state index contributed by atoms with van der Waals surface area (Å²) in [7, 11) is 0. The molecule has 3 rings (SSSR count). The van der Waals surface area contributed by atoms with Gasteiger partial charge in [0.2, 0.25) is 11.8 Å². The monoisotopic (exact) mass is 632 g/mol. The molecule has 6 N–H and O–H groups in total. The van der Waals surface area contributed by atoms with Crippen LogP contribution in [0.25, 0.3) is 0 Å². The van der Waals surface area contributed by atoms with Crippen molar-refractivity contribution in [1.29, 1.82) is 0 Å². The number of halogens is 2. The van der Waals surface area contributed by atoms with Gasteiger partial charge in [0.1, 0.15) is 5.75 Å². The second-order valence-corrected chi connectivity index (χ2v) is 10.9. The number of aliphatic carboxylic acids is 2. The molecular formula is C29H46Cl2N4O7. The molecule has 1 aromatic rings. The van der Waals surface area contributed by atoms with Crippen LogP contribution in [0.5, 0.6) is 5.75 Å². The zero-order valence-electron chi connectivity index (χ0n) is 24.0. The van der Waals surface area contributed by atoms with Crippen molar-refractivity contribution < 1.29 is 34.1 Å². The lowest BCUT2D eigenvalue weighted by Crippen LogP contribution is -2.41. The SMILES string of the molecule is Cl.Cl.O=C(O)COc1ccccc1C(CC(=O)O)NC(=O)CNC(=O)C(CCC1CCNCC1)CCC1CCNCC1. The summed E-state index contributed by atoms with van der Waals surface area (Å²) >= 11 is 0. The Balaban J connectivity index is 0.00000441. The third kappa shape index (κ3) is 13.6. The first-order chi connectivity index (χ1) is 19.3. The first-order valence-corrected chi connectivity index (χ1v) is 14.5. The van der Waals surface area contributed by atoms with Crippen LogP contribution in [0.4, 0.5) is 0 Å². The van der Waals surface area contributed by atoms with E-state index in [9.17, 15) is 24.3 Å². The molecule has 1 aromatic carbocycles. The number of rotatable bonds is 16. The Morgan fingerprint density at radius 3 is 1.93 bits per heavy atom. The van der Waals surface area contributed by atoms with Gasteiger partial charge in [-0.25, -0.2) is 4.79 Å². The number of carbonyl (C=O) groups excluding carboxylic acids is 2. The van der Waals surface area contributed by atoms with E-state index in [1.54, 1.807) is 18.2 Å². The first-order valence-electron chi connectivity index (χ1n) is 14.5. The molecule has 11 nitrogen and oxygen atoms in total. The van der Waals surface area contributed by atoms with Crippen molar-refractivity contribution in [3.05, 3.63) is 29.8 Å². The summed E-state index contributed by atoms with van der Waals surface area (Å²) in [6, 6.07) is 5.44. The smallest absolute Gasteiger partial charge is 0.341 e.